The Balaban J connectivity index is 1.61. The monoisotopic (exact) mass is 270 g/mol. The molecular formula is C16H22N4. The van der Waals surface area contributed by atoms with E-state index in [9.17, 15) is 0 Å². The molecule has 0 saturated carbocycles. The third kappa shape index (κ3) is 2.75. The van der Waals surface area contributed by atoms with Crippen LogP contribution >= 0.6 is 0 Å². The molecule has 3 rings (SSSR count). The number of benzene rings is 1. The summed E-state index contributed by atoms with van der Waals surface area (Å²) in [6, 6.07) is 8.62. The molecule has 4 nitrogen and oxygen atoms in total. The van der Waals surface area contributed by atoms with Gasteiger partial charge in [0.2, 0.25) is 0 Å². The number of hydrogen-bond donors (Lipinski definition) is 1. The Morgan fingerprint density at radius 2 is 1.95 bits per heavy atom. The van der Waals surface area contributed by atoms with Gasteiger partial charge < -0.3 is 9.88 Å². The first-order valence-corrected chi connectivity index (χ1v) is 7.57. The van der Waals surface area contributed by atoms with Crippen molar-refractivity contribution in [2.45, 2.75) is 52.2 Å². The molecule has 1 aliphatic heterocycles. The maximum Gasteiger partial charge on any atom is 0.147 e. The topological polar surface area (TPSA) is 42.7 Å². The summed E-state index contributed by atoms with van der Waals surface area (Å²) in [5, 5.41) is 12.1. The van der Waals surface area contributed by atoms with Gasteiger partial charge >= 0.3 is 0 Å². The molecule has 0 fully saturated rings. The van der Waals surface area contributed by atoms with Gasteiger partial charge in [-0.05, 0) is 30.4 Å². The molecule has 106 valence electrons. The van der Waals surface area contributed by atoms with Crippen molar-refractivity contribution in [3.05, 3.63) is 47.0 Å². The average Bonchev–Trinajstić information content (AvgIpc) is 2.91. The largest absolute Gasteiger partial charge is 0.314 e. The molecule has 0 radical (unpaired) electrons. The summed E-state index contributed by atoms with van der Waals surface area (Å²) in [6.07, 6.45) is 4.65. The molecule has 2 heterocycles. The highest BCUT2D eigenvalue weighted by Crippen LogP contribution is 2.14. The Bertz CT molecular complexity index is 574. The molecule has 1 aromatic heterocycles. The van der Waals surface area contributed by atoms with E-state index in [0.29, 0.717) is 0 Å². The zero-order valence-electron chi connectivity index (χ0n) is 12.1. The van der Waals surface area contributed by atoms with Gasteiger partial charge in [0.25, 0.3) is 0 Å². The lowest BCUT2D eigenvalue weighted by atomic mass is 10.1. The summed E-state index contributed by atoms with van der Waals surface area (Å²) in [5.74, 6) is 2.23. The van der Waals surface area contributed by atoms with Crippen LogP contribution in [0.4, 0.5) is 0 Å². The molecule has 0 unspecified atom stereocenters. The molecule has 0 bridgehead atoms. The lowest BCUT2D eigenvalue weighted by molar-refractivity contribution is 0.497. The van der Waals surface area contributed by atoms with Crippen molar-refractivity contribution in [1.82, 2.24) is 20.1 Å². The number of nitrogens with one attached hydrogen (secondary N) is 1. The van der Waals surface area contributed by atoms with Gasteiger partial charge in [-0.1, -0.05) is 31.2 Å². The minimum absolute atomic E-state index is 0.797. The van der Waals surface area contributed by atoms with Crippen LogP contribution in [0.3, 0.4) is 0 Å². The molecule has 0 aliphatic carbocycles. The van der Waals surface area contributed by atoms with Crippen molar-refractivity contribution in [1.29, 1.82) is 0 Å². The predicted octanol–water partition coefficient (Wildman–Crippen LogP) is 2.47. The van der Waals surface area contributed by atoms with E-state index in [4.69, 9.17) is 0 Å². The fraction of sp³-hybridized carbons (Fsp3) is 0.500. The normalized spacial score (nSPS) is 14.2. The highest BCUT2D eigenvalue weighted by atomic mass is 15.3. The third-order valence-corrected chi connectivity index (χ3v) is 4.03. The number of nitrogens with zero attached hydrogens (tertiary/aromatic N) is 3. The van der Waals surface area contributed by atoms with E-state index in [1.807, 2.05) is 0 Å². The number of rotatable bonds is 5. The Morgan fingerprint density at radius 3 is 2.80 bits per heavy atom. The summed E-state index contributed by atoms with van der Waals surface area (Å²) in [4.78, 5) is 0. The molecule has 2 aromatic rings. The fourth-order valence-electron chi connectivity index (χ4n) is 2.88. The molecule has 1 aromatic carbocycles. The highest BCUT2D eigenvalue weighted by molar-refractivity contribution is 5.26. The number of hydrogen-bond acceptors (Lipinski definition) is 3. The number of fused-ring (bicyclic) bond motifs is 1. The van der Waals surface area contributed by atoms with Crippen LogP contribution in [0.2, 0.25) is 0 Å². The first-order chi connectivity index (χ1) is 9.88. The average molecular weight is 270 g/mol. The second-order valence-corrected chi connectivity index (χ2v) is 5.37. The zero-order valence-corrected chi connectivity index (χ0v) is 12.1. The van der Waals surface area contributed by atoms with Gasteiger partial charge in [-0.2, -0.15) is 0 Å². The SMILES string of the molecule is CCc1ccccc1CNCc1nnc2n1CCCC2. The summed E-state index contributed by atoms with van der Waals surface area (Å²) in [5.41, 5.74) is 2.80. The maximum atomic E-state index is 4.32. The predicted molar refractivity (Wildman–Crippen MR) is 79.3 cm³/mol. The first kappa shape index (κ1) is 13.3. The third-order valence-electron chi connectivity index (χ3n) is 4.03. The van der Waals surface area contributed by atoms with Crippen LogP contribution in [0.5, 0.6) is 0 Å². The zero-order chi connectivity index (χ0) is 13.8. The molecule has 0 atom stereocenters. The van der Waals surface area contributed by atoms with Gasteiger partial charge in [0.05, 0.1) is 6.54 Å². The van der Waals surface area contributed by atoms with Gasteiger partial charge in [-0.3, -0.25) is 0 Å². The van der Waals surface area contributed by atoms with Crippen LogP contribution in [-0.4, -0.2) is 14.8 Å². The van der Waals surface area contributed by atoms with Crippen molar-refractivity contribution in [3.8, 4) is 0 Å². The van der Waals surface area contributed by atoms with Crippen molar-refractivity contribution in [2.24, 2.45) is 0 Å². The van der Waals surface area contributed by atoms with Crippen LogP contribution in [0.1, 0.15) is 42.5 Å². The summed E-state index contributed by atoms with van der Waals surface area (Å²) < 4.78 is 2.28. The molecule has 0 amide bonds. The molecule has 1 aliphatic rings. The van der Waals surface area contributed by atoms with Crippen molar-refractivity contribution in [2.75, 3.05) is 0 Å². The van der Waals surface area contributed by atoms with E-state index in [-0.39, 0.29) is 0 Å². The Labute approximate surface area is 120 Å². The standard InChI is InChI=1S/C16H22N4/c1-2-13-7-3-4-8-14(13)11-17-12-16-19-18-15-9-5-6-10-20(15)16/h3-4,7-8,17H,2,5-6,9-12H2,1H3. The lowest BCUT2D eigenvalue weighted by Crippen LogP contribution is -2.20. The minimum atomic E-state index is 0.797. The fourth-order valence-corrected chi connectivity index (χ4v) is 2.88. The van der Waals surface area contributed by atoms with E-state index < -0.39 is 0 Å². The van der Waals surface area contributed by atoms with Crippen LogP contribution < -0.4 is 5.32 Å². The van der Waals surface area contributed by atoms with Gasteiger partial charge in [0.1, 0.15) is 11.6 Å². The van der Waals surface area contributed by atoms with E-state index in [2.05, 4.69) is 51.3 Å². The number of aromatic nitrogens is 3. The second-order valence-electron chi connectivity index (χ2n) is 5.37. The Morgan fingerprint density at radius 1 is 1.10 bits per heavy atom. The molecule has 4 heteroatoms. The summed E-state index contributed by atoms with van der Waals surface area (Å²) in [7, 11) is 0. The Kier molecular flexibility index (Phi) is 4.11. The van der Waals surface area contributed by atoms with E-state index in [1.54, 1.807) is 0 Å². The van der Waals surface area contributed by atoms with Crippen LogP contribution in [0, 0.1) is 0 Å². The van der Waals surface area contributed by atoms with Crippen LogP contribution in [0.15, 0.2) is 24.3 Å². The second kappa shape index (κ2) is 6.18. The highest BCUT2D eigenvalue weighted by Gasteiger charge is 2.15. The minimum Gasteiger partial charge on any atom is -0.314 e. The molecule has 1 N–H and O–H groups in total. The van der Waals surface area contributed by atoms with E-state index in [1.165, 1.54) is 24.0 Å². The number of aryl methyl sites for hydroxylation is 2. The van der Waals surface area contributed by atoms with Crippen molar-refractivity contribution < 1.29 is 0 Å². The first-order valence-electron chi connectivity index (χ1n) is 7.57. The van der Waals surface area contributed by atoms with Gasteiger partial charge in [0, 0.05) is 19.5 Å². The van der Waals surface area contributed by atoms with Crippen LogP contribution in [-0.2, 0) is 32.5 Å². The molecule has 0 saturated heterocycles. The van der Waals surface area contributed by atoms with Crippen molar-refractivity contribution in [3.63, 3.8) is 0 Å². The van der Waals surface area contributed by atoms with Gasteiger partial charge in [0.15, 0.2) is 0 Å². The van der Waals surface area contributed by atoms with Gasteiger partial charge in [-0.15, -0.1) is 10.2 Å². The molecule has 0 spiro atoms. The quantitative estimate of drug-likeness (QED) is 0.907. The smallest absolute Gasteiger partial charge is 0.147 e. The maximum absolute atomic E-state index is 4.32. The van der Waals surface area contributed by atoms with E-state index in [0.717, 1.165) is 44.1 Å². The Hall–Kier alpha value is -1.68. The van der Waals surface area contributed by atoms with Gasteiger partial charge in [-0.25, -0.2) is 0 Å². The molecule has 20 heavy (non-hydrogen) atoms. The van der Waals surface area contributed by atoms with E-state index >= 15 is 0 Å². The van der Waals surface area contributed by atoms with Crippen LogP contribution in [0.25, 0.3) is 0 Å². The lowest BCUT2D eigenvalue weighted by Gasteiger charge is -2.15. The van der Waals surface area contributed by atoms with Crippen molar-refractivity contribution >= 4 is 0 Å². The summed E-state index contributed by atoms with van der Waals surface area (Å²) in [6.45, 7) is 4.97. The molecular weight excluding hydrogens is 248 g/mol. The summed E-state index contributed by atoms with van der Waals surface area (Å²) >= 11 is 0.